The lowest BCUT2D eigenvalue weighted by Crippen LogP contribution is -2.05. The van der Waals surface area contributed by atoms with Crippen LogP contribution in [0.5, 0.6) is 5.75 Å². The molecule has 0 heterocycles. The standard InChI is InChI=1S/C14H16F2O4/c1-2-19-6-3-7-20-14-11(15)8-10(9-12(14)16)4-5-13(17)18/h4-5,8-9H,2-3,6-7H2,1H3,(H,17,18). The summed E-state index contributed by atoms with van der Waals surface area (Å²) in [4.78, 5) is 10.3. The number of hydrogen-bond acceptors (Lipinski definition) is 3. The molecule has 1 aromatic carbocycles. The number of ether oxygens (including phenoxy) is 2. The van der Waals surface area contributed by atoms with Crippen LogP contribution in [0, 0.1) is 11.6 Å². The van der Waals surface area contributed by atoms with Crippen molar-refractivity contribution >= 4 is 12.0 Å². The number of benzene rings is 1. The molecule has 0 fully saturated rings. The maximum Gasteiger partial charge on any atom is 0.328 e. The van der Waals surface area contributed by atoms with Crippen molar-refractivity contribution in [2.75, 3.05) is 19.8 Å². The van der Waals surface area contributed by atoms with E-state index >= 15 is 0 Å². The predicted octanol–water partition coefficient (Wildman–Crippen LogP) is 2.87. The summed E-state index contributed by atoms with van der Waals surface area (Å²) in [5.74, 6) is -3.39. The van der Waals surface area contributed by atoms with E-state index in [0.717, 1.165) is 24.3 Å². The molecule has 0 saturated heterocycles. The van der Waals surface area contributed by atoms with Crippen molar-refractivity contribution in [3.8, 4) is 5.75 Å². The molecular formula is C14H16F2O4. The number of carbonyl (C=O) groups is 1. The largest absolute Gasteiger partial charge is 0.488 e. The fourth-order valence-corrected chi connectivity index (χ4v) is 1.46. The number of carboxylic acids is 1. The Morgan fingerprint density at radius 2 is 1.95 bits per heavy atom. The van der Waals surface area contributed by atoms with Gasteiger partial charge in [-0.15, -0.1) is 0 Å². The first-order valence-electron chi connectivity index (χ1n) is 6.15. The van der Waals surface area contributed by atoms with E-state index in [1.54, 1.807) is 0 Å². The topological polar surface area (TPSA) is 55.8 Å². The fourth-order valence-electron chi connectivity index (χ4n) is 1.46. The monoisotopic (exact) mass is 286 g/mol. The molecular weight excluding hydrogens is 270 g/mol. The Balaban J connectivity index is 2.66. The van der Waals surface area contributed by atoms with Crippen LogP contribution in [0.3, 0.4) is 0 Å². The van der Waals surface area contributed by atoms with Crippen molar-refractivity contribution < 1.29 is 28.2 Å². The van der Waals surface area contributed by atoms with Gasteiger partial charge in [-0.1, -0.05) is 0 Å². The molecule has 0 radical (unpaired) electrons. The zero-order valence-corrected chi connectivity index (χ0v) is 11.1. The van der Waals surface area contributed by atoms with Crippen LogP contribution in [0.2, 0.25) is 0 Å². The predicted molar refractivity (Wildman–Crippen MR) is 69.6 cm³/mol. The van der Waals surface area contributed by atoms with Crippen molar-refractivity contribution in [3.05, 3.63) is 35.4 Å². The molecule has 20 heavy (non-hydrogen) atoms. The lowest BCUT2D eigenvalue weighted by atomic mass is 10.2. The van der Waals surface area contributed by atoms with Gasteiger partial charge in [-0.05, 0) is 30.7 Å². The van der Waals surface area contributed by atoms with Gasteiger partial charge in [-0.2, -0.15) is 0 Å². The van der Waals surface area contributed by atoms with E-state index in [2.05, 4.69) is 0 Å². The summed E-state index contributed by atoms with van der Waals surface area (Å²) in [6, 6.07) is 2.03. The van der Waals surface area contributed by atoms with Crippen LogP contribution >= 0.6 is 0 Å². The smallest absolute Gasteiger partial charge is 0.328 e. The molecule has 0 saturated carbocycles. The summed E-state index contributed by atoms with van der Waals surface area (Å²) in [7, 11) is 0. The van der Waals surface area contributed by atoms with Crippen LogP contribution in [0.4, 0.5) is 8.78 Å². The maximum absolute atomic E-state index is 13.6. The number of aliphatic carboxylic acids is 1. The van der Waals surface area contributed by atoms with Gasteiger partial charge in [0.15, 0.2) is 17.4 Å². The molecule has 0 bridgehead atoms. The Morgan fingerprint density at radius 3 is 2.50 bits per heavy atom. The van der Waals surface area contributed by atoms with Crippen LogP contribution < -0.4 is 4.74 Å². The van der Waals surface area contributed by atoms with Crippen molar-refractivity contribution in [3.63, 3.8) is 0 Å². The molecule has 0 aliphatic carbocycles. The molecule has 0 aromatic heterocycles. The molecule has 4 nitrogen and oxygen atoms in total. The van der Waals surface area contributed by atoms with Crippen molar-refractivity contribution in [2.45, 2.75) is 13.3 Å². The first kappa shape index (κ1) is 16.1. The normalized spacial score (nSPS) is 10.9. The van der Waals surface area contributed by atoms with Crippen molar-refractivity contribution in [2.24, 2.45) is 0 Å². The van der Waals surface area contributed by atoms with Gasteiger partial charge in [0.05, 0.1) is 6.61 Å². The van der Waals surface area contributed by atoms with E-state index in [-0.39, 0.29) is 12.2 Å². The third kappa shape index (κ3) is 5.36. The van der Waals surface area contributed by atoms with Gasteiger partial charge in [0.1, 0.15) is 0 Å². The third-order valence-corrected chi connectivity index (χ3v) is 2.32. The Hall–Kier alpha value is -1.95. The SMILES string of the molecule is CCOCCCOc1c(F)cc(C=CC(=O)O)cc1F. The van der Waals surface area contributed by atoms with E-state index in [1.807, 2.05) is 6.92 Å². The fraction of sp³-hybridized carbons (Fsp3) is 0.357. The van der Waals surface area contributed by atoms with Crippen LogP contribution in [-0.4, -0.2) is 30.9 Å². The molecule has 1 rings (SSSR count). The van der Waals surface area contributed by atoms with E-state index in [1.165, 1.54) is 0 Å². The summed E-state index contributed by atoms with van der Waals surface area (Å²) in [5, 5.41) is 8.44. The Bertz CT molecular complexity index is 463. The molecule has 6 heteroatoms. The molecule has 0 amide bonds. The van der Waals surface area contributed by atoms with Crippen LogP contribution in [0.1, 0.15) is 18.9 Å². The van der Waals surface area contributed by atoms with Gasteiger partial charge in [0.2, 0.25) is 0 Å². The molecule has 0 atom stereocenters. The van der Waals surface area contributed by atoms with Gasteiger partial charge in [-0.25, -0.2) is 13.6 Å². The summed E-state index contributed by atoms with van der Waals surface area (Å²) in [5.41, 5.74) is 0.115. The van der Waals surface area contributed by atoms with E-state index in [9.17, 15) is 13.6 Å². The number of carboxylic acid groups (broad SMARTS) is 1. The second kappa shape index (κ2) is 8.27. The zero-order valence-electron chi connectivity index (χ0n) is 11.1. The lowest BCUT2D eigenvalue weighted by molar-refractivity contribution is -0.131. The summed E-state index contributed by atoms with van der Waals surface area (Å²) in [6.07, 6.45) is 2.43. The Morgan fingerprint density at radius 1 is 1.30 bits per heavy atom. The minimum atomic E-state index is -1.19. The average Bonchev–Trinajstić information content (AvgIpc) is 2.38. The van der Waals surface area contributed by atoms with Crippen molar-refractivity contribution in [1.82, 2.24) is 0 Å². The molecule has 0 aliphatic heterocycles. The molecule has 1 aromatic rings. The summed E-state index contributed by atoms with van der Waals surface area (Å²) in [6.45, 7) is 3.02. The number of halogens is 2. The molecule has 0 aliphatic rings. The average molecular weight is 286 g/mol. The number of hydrogen-bond donors (Lipinski definition) is 1. The summed E-state index contributed by atoms with van der Waals surface area (Å²) >= 11 is 0. The molecule has 0 spiro atoms. The van der Waals surface area contributed by atoms with Crippen LogP contribution in [0.15, 0.2) is 18.2 Å². The van der Waals surface area contributed by atoms with Gasteiger partial charge in [-0.3, -0.25) is 0 Å². The quantitative estimate of drug-likeness (QED) is 0.589. The second-order valence-electron chi connectivity index (χ2n) is 3.88. The zero-order chi connectivity index (χ0) is 15.0. The minimum absolute atomic E-state index is 0.115. The molecule has 1 N–H and O–H groups in total. The maximum atomic E-state index is 13.6. The van der Waals surface area contributed by atoms with Crippen LogP contribution in [0.25, 0.3) is 6.08 Å². The first-order chi connectivity index (χ1) is 9.54. The highest BCUT2D eigenvalue weighted by Crippen LogP contribution is 2.24. The first-order valence-corrected chi connectivity index (χ1v) is 6.15. The van der Waals surface area contributed by atoms with E-state index < -0.39 is 23.4 Å². The molecule has 0 unspecified atom stereocenters. The minimum Gasteiger partial charge on any atom is -0.488 e. The lowest BCUT2D eigenvalue weighted by Gasteiger charge is -2.09. The van der Waals surface area contributed by atoms with Gasteiger partial charge in [0.25, 0.3) is 0 Å². The van der Waals surface area contributed by atoms with E-state index in [4.69, 9.17) is 14.6 Å². The highest BCUT2D eigenvalue weighted by molar-refractivity contribution is 5.85. The number of rotatable bonds is 8. The highest BCUT2D eigenvalue weighted by atomic mass is 19.1. The Kier molecular flexibility index (Phi) is 6.66. The molecule has 110 valence electrons. The Labute approximate surface area is 115 Å². The third-order valence-electron chi connectivity index (χ3n) is 2.32. The van der Waals surface area contributed by atoms with Gasteiger partial charge >= 0.3 is 5.97 Å². The van der Waals surface area contributed by atoms with Gasteiger partial charge in [0, 0.05) is 25.7 Å². The van der Waals surface area contributed by atoms with Crippen molar-refractivity contribution in [1.29, 1.82) is 0 Å². The van der Waals surface area contributed by atoms with E-state index in [0.29, 0.717) is 19.6 Å². The second-order valence-corrected chi connectivity index (χ2v) is 3.88. The van der Waals surface area contributed by atoms with Gasteiger partial charge < -0.3 is 14.6 Å². The highest BCUT2D eigenvalue weighted by Gasteiger charge is 2.11. The summed E-state index contributed by atoms with van der Waals surface area (Å²) < 4.78 is 37.4. The van der Waals surface area contributed by atoms with Crippen LogP contribution in [-0.2, 0) is 9.53 Å².